The lowest BCUT2D eigenvalue weighted by atomic mass is 10.2. The number of thiophene rings is 1. The molecule has 0 saturated carbocycles. The van der Waals surface area contributed by atoms with E-state index in [0.29, 0.717) is 23.3 Å². The molecule has 5 nitrogen and oxygen atoms in total. The molecule has 0 bridgehead atoms. The largest absolute Gasteiger partial charge is 0.469 e. The fraction of sp³-hybridized carbons (Fsp3) is 0.417. The van der Waals surface area contributed by atoms with Crippen molar-refractivity contribution in [1.82, 2.24) is 10.2 Å². The molecule has 0 saturated heterocycles. The van der Waals surface area contributed by atoms with Crippen molar-refractivity contribution >= 4 is 29.1 Å². The van der Waals surface area contributed by atoms with Gasteiger partial charge >= 0.3 is 5.97 Å². The van der Waals surface area contributed by atoms with Gasteiger partial charge in [-0.1, -0.05) is 13.0 Å². The lowest BCUT2D eigenvalue weighted by Crippen LogP contribution is -2.14. The average molecular weight is 298 g/mol. The smallest absolute Gasteiger partial charge is 0.309 e. The van der Waals surface area contributed by atoms with Crippen LogP contribution in [-0.2, 0) is 15.3 Å². The number of esters is 1. The number of nitrogens with zero attached hydrogens (tertiary/aromatic N) is 2. The minimum Gasteiger partial charge on any atom is -0.469 e. The van der Waals surface area contributed by atoms with Crippen LogP contribution in [0.1, 0.15) is 12.8 Å². The number of rotatable bonds is 6. The van der Waals surface area contributed by atoms with E-state index in [2.05, 4.69) is 14.9 Å². The number of hydrogen-bond donors (Lipinski definition) is 0. The number of carbonyl (C=O) groups excluding carboxylic acids is 1. The van der Waals surface area contributed by atoms with Crippen LogP contribution in [-0.4, -0.2) is 29.0 Å². The number of ether oxygens (including phenoxy) is 1. The van der Waals surface area contributed by atoms with E-state index in [1.54, 1.807) is 23.1 Å². The van der Waals surface area contributed by atoms with Gasteiger partial charge in [-0.2, -0.15) is 11.8 Å². The van der Waals surface area contributed by atoms with Gasteiger partial charge in [0, 0.05) is 5.75 Å². The molecule has 0 aliphatic heterocycles. The third-order valence-electron chi connectivity index (χ3n) is 2.40. The Morgan fingerprint density at radius 1 is 1.58 bits per heavy atom. The van der Waals surface area contributed by atoms with E-state index >= 15 is 0 Å². The molecule has 2 heterocycles. The Kier molecular flexibility index (Phi) is 4.98. The summed E-state index contributed by atoms with van der Waals surface area (Å²) in [6, 6.07) is 3.88. The van der Waals surface area contributed by atoms with Crippen LogP contribution in [0.4, 0.5) is 0 Å². The van der Waals surface area contributed by atoms with Gasteiger partial charge in [0.15, 0.2) is 0 Å². The molecule has 0 aliphatic carbocycles. The number of carbonyl (C=O) groups is 1. The molecule has 0 aromatic carbocycles. The van der Waals surface area contributed by atoms with Crippen LogP contribution >= 0.6 is 23.1 Å². The van der Waals surface area contributed by atoms with Gasteiger partial charge < -0.3 is 9.15 Å². The highest BCUT2D eigenvalue weighted by Crippen LogP contribution is 2.24. The molecule has 0 aliphatic rings. The van der Waals surface area contributed by atoms with E-state index in [4.69, 9.17) is 4.42 Å². The van der Waals surface area contributed by atoms with E-state index in [1.807, 2.05) is 24.4 Å². The molecule has 2 aromatic rings. The summed E-state index contributed by atoms with van der Waals surface area (Å²) in [4.78, 5) is 12.2. The maximum atomic E-state index is 11.2. The van der Waals surface area contributed by atoms with Crippen LogP contribution in [0.25, 0.3) is 10.8 Å². The van der Waals surface area contributed by atoms with Crippen LogP contribution in [0.5, 0.6) is 0 Å². The Hall–Kier alpha value is -1.34. The van der Waals surface area contributed by atoms with Crippen molar-refractivity contribution in [3.8, 4) is 10.8 Å². The maximum Gasteiger partial charge on any atom is 0.309 e. The highest BCUT2D eigenvalue weighted by molar-refractivity contribution is 7.98. The Labute approximate surface area is 119 Å². The van der Waals surface area contributed by atoms with Crippen molar-refractivity contribution in [2.75, 3.05) is 12.9 Å². The van der Waals surface area contributed by atoms with E-state index in [-0.39, 0.29) is 11.9 Å². The van der Waals surface area contributed by atoms with Crippen LogP contribution in [0.2, 0.25) is 0 Å². The first-order valence-electron chi connectivity index (χ1n) is 5.72. The topological polar surface area (TPSA) is 65.2 Å². The molecule has 0 radical (unpaired) electrons. The SMILES string of the molecule is COC(=O)[C@@H](C)CSCc1nnc(-c2cccs2)o1. The number of methoxy groups -OCH3 is 1. The van der Waals surface area contributed by atoms with Crippen molar-refractivity contribution in [3.05, 3.63) is 23.4 Å². The van der Waals surface area contributed by atoms with Gasteiger partial charge in [0.05, 0.1) is 23.7 Å². The summed E-state index contributed by atoms with van der Waals surface area (Å²) < 4.78 is 10.2. The van der Waals surface area contributed by atoms with Crippen LogP contribution in [0.15, 0.2) is 21.9 Å². The third-order valence-corrected chi connectivity index (χ3v) is 4.44. The van der Waals surface area contributed by atoms with E-state index in [1.165, 1.54) is 7.11 Å². The predicted octanol–water partition coefficient (Wildman–Crippen LogP) is 2.84. The lowest BCUT2D eigenvalue weighted by Gasteiger charge is -2.06. The van der Waals surface area contributed by atoms with Gasteiger partial charge in [0.1, 0.15) is 0 Å². The monoisotopic (exact) mass is 298 g/mol. The van der Waals surface area contributed by atoms with Crippen molar-refractivity contribution in [2.45, 2.75) is 12.7 Å². The Morgan fingerprint density at radius 3 is 3.11 bits per heavy atom. The standard InChI is InChI=1S/C12H14N2O3S2/c1-8(12(15)16-2)6-18-7-10-13-14-11(17-10)9-4-3-5-19-9/h3-5,8H,6-7H2,1-2H3/t8-/m0/s1. The third kappa shape index (κ3) is 3.81. The first kappa shape index (κ1) is 14.1. The first-order valence-corrected chi connectivity index (χ1v) is 7.76. The van der Waals surface area contributed by atoms with Crippen LogP contribution < -0.4 is 0 Å². The predicted molar refractivity (Wildman–Crippen MR) is 75.0 cm³/mol. The van der Waals surface area contributed by atoms with Crippen LogP contribution in [0, 0.1) is 5.92 Å². The van der Waals surface area contributed by atoms with Crippen molar-refractivity contribution < 1.29 is 13.9 Å². The zero-order chi connectivity index (χ0) is 13.7. The molecule has 0 amide bonds. The molecule has 19 heavy (non-hydrogen) atoms. The van der Waals surface area contributed by atoms with Crippen molar-refractivity contribution in [3.63, 3.8) is 0 Å². The second kappa shape index (κ2) is 6.72. The van der Waals surface area contributed by atoms with E-state index in [0.717, 1.165) is 4.88 Å². The quantitative estimate of drug-likeness (QED) is 0.764. The van der Waals surface area contributed by atoms with Crippen molar-refractivity contribution in [2.24, 2.45) is 5.92 Å². The molecule has 7 heteroatoms. The van der Waals surface area contributed by atoms with Gasteiger partial charge in [-0.25, -0.2) is 0 Å². The summed E-state index contributed by atoms with van der Waals surface area (Å²) in [5.41, 5.74) is 0. The fourth-order valence-corrected chi connectivity index (χ4v) is 2.95. The number of aromatic nitrogens is 2. The molecule has 2 rings (SSSR count). The molecule has 1 atom stereocenters. The molecular weight excluding hydrogens is 284 g/mol. The summed E-state index contributed by atoms with van der Waals surface area (Å²) in [6.45, 7) is 1.84. The average Bonchev–Trinajstić information content (AvgIpc) is 3.07. The van der Waals surface area contributed by atoms with Crippen LogP contribution in [0.3, 0.4) is 0 Å². The second-order valence-corrected chi connectivity index (χ2v) is 5.90. The first-order chi connectivity index (χ1) is 9.20. The molecule has 0 fully saturated rings. The number of hydrogen-bond acceptors (Lipinski definition) is 7. The molecule has 2 aromatic heterocycles. The molecule has 0 N–H and O–H groups in total. The highest BCUT2D eigenvalue weighted by atomic mass is 32.2. The molecular formula is C12H14N2O3S2. The molecule has 102 valence electrons. The zero-order valence-corrected chi connectivity index (χ0v) is 12.3. The van der Waals surface area contributed by atoms with Gasteiger partial charge in [0.2, 0.25) is 5.89 Å². The summed E-state index contributed by atoms with van der Waals surface area (Å²) in [5, 5.41) is 9.95. The summed E-state index contributed by atoms with van der Waals surface area (Å²) in [7, 11) is 1.40. The van der Waals surface area contributed by atoms with Gasteiger partial charge in [0.25, 0.3) is 5.89 Å². The van der Waals surface area contributed by atoms with E-state index in [9.17, 15) is 4.79 Å². The summed E-state index contributed by atoms with van der Waals surface area (Å²) >= 11 is 3.14. The van der Waals surface area contributed by atoms with Gasteiger partial charge in [-0.3, -0.25) is 4.79 Å². The lowest BCUT2D eigenvalue weighted by molar-refractivity contribution is -0.143. The number of thioether (sulfide) groups is 1. The van der Waals surface area contributed by atoms with Gasteiger partial charge in [-0.15, -0.1) is 21.5 Å². The van der Waals surface area contributed by atoms with E-state index < -0.39 is 0 Å². The summed E-state index contributed by atoms with van der Waals surface area (Å²) in [6.07, 6.45) is 0. The molecule has 0 unspecified atom stereocenters. The minimum absolute atomic E-state index is 0.130. The Balaban J connectivity index is 1.83. The summed E-state index contributed by atoms with van der Waals surface area (Å²) in [5.74, 6) is 2.06. The highest BCUT2D eigenvalue weighted by Gasteiger charge is 2.14. The normalized spacial score (nSPS) is 12.3. The minimum atomic E-state index is -0.197. The second-order valence-electron chi connectivity index (χ2n) is 3.92. The van der Waals surface area contributed by atoms with Crippen molar-refractivity contribution in [1.29, 1.82) is 0 Å². The Bertz CT molecular complexity index is 525. The zero-order valence-electron chi connectivity index (χ0n) is 10.7. The fourth-order valence-electron chi connectivity index (χ4n) is 1.40. The van der Waals surface area contributed by atoms with Gasteiger partial charge in [-0.05, 0) is 11.4 Å². The Morgan fingerprint density at radius 2 is 2.42 bits per heavy atom. The maximum absolute atomic E-state index is 11.2. The molecule has 0 spiro atoms.